The number of nitrogens with zero attached hydrogens (tertiary/aromatic N) is 1. The van der Waals surface area contributed by atoms with Gasteiger partial charge in [-0.2, -0.15) is 0 Å². The van der Waals surface area contributed by atoms with Gasteiger partial charge in [0.2, 0.25) is 0 Å². The third-order valence-corrected chi connectivity index (χ3v) is 3.75. The fourth-order valence-corrected chi connectivity index (χ4v) is 2.36. The zero-order valence-corrected chi connectivity index (χ0v) is 14.5. The van der Waals surface area contributed by atoms with Crippen molar-refractivity contribution in [1.82, 2.24) is 10.5 Å². The number of aromatic nitrogens is 1. The van der Waals surface area contributed by atoms with Crippen molar-refractivity contribution in [3.63, 3.8) is 0 Å². The van der Waals surface area contributed by atoms with Crippen LogP contribution in [0.2, 0.25) is 0 Å². The highest BCUT2D eigenvalue weighted by atomic mass is 16.7. The van der Waals surface area contributed by atoms with E-state index in [4.69, 9.17) is 9.57 Å². The predicted octanol–water partition coefficient (Wildman–Crippen LogP) is 3.80. The number of hydroxylamine groups is 1. The van der Waals surface area contributed by atoms with E-state index in [9.17, 15) is 4.79 Å². The topological polar surface area (TPSA) is 60.5 Å². The Hall–Kier alpha value is -3.18. The molecule has 26 heavy (non-hydrogen) atoms. The summed E-state index contributed by atoms with van der Waals surface area (Å²) in [5, 5.41) is 0. The molecule has 1 N–H and O–H groups in total. The lowest BCUT2D eigenvalue weighted by Gasteiger charge is -2.08. The van der Waals surface area contributed by atoms with Crippen LogP contribution in [0.15, 0.2) is 73.1 Å². The minimum atomic E-state index is -0.342. The minimum Gasteiger partial charge on any atom is -0.491 e. The van der Waals surface area contributed by atoms with Crippen molar-refractivity contribution in [2.24, 2.45) is 0 Å². The number of carbonyl (C=O) groups excluding carboxylic acids is 1. The van der Waals surface area contributed by atoms with Crippen molar-refractivity contribution in [3.05, 3.63) is 84.2 Å². The second kappa shape index (κ2) is 8.78. The number of para-hydroxylation sites is 1. The fourth-order valence-electron chi connectivity index (χ4n) is 2.36. The van der Waals surface area contributed by atoms with Gasteiger partial charge in [-0.1, -0.05) is 48.0 Å². The molecule has 0 aliphatic carbocycles. The monoisotopic (exact) mass is 348 g/mol. The first-order chi connectivity index (χ1) is 12.7. The Kier molecular flexibility index (Phi) is 5.96. The maximum absolute atomic E-state index is 12.2. The SMILES string of the molecule is Cc1ccc(-c2cncc(C(=O)NOCCOc3ccccc3)c2)cc1. The van der Waals surface area contributed by atoms with E-state index >= 15 is 0 Å². The summed E-state index contributed by atoms with van der Waals surface area (Å²) in [4.78, 5) is 21.5. The molecule has 0 bridgehead atoms. The van der Waals surface area contributed by atoms with E-state index in [-0.39, 0.29) is 12.5 Å². The zero-order valence-electron chi connectivity index (χ0n) is 14.5. The quantitative estimate of drug-likeness (QED) is 0.521. The third-order valence-electron chi connectivity index (χ3n) is 3.75. The van der Waals surface area contributed by atoms with Gasteiger partial charge >= 0.3 is 0 Å². The summed E-state index contributed by atoms with van der Waals surface area (Å²) in [7, 11) is 0. The van der Waals surface area contributed by atoms with Crippen molar-refractivity contribution in [1.29, 1.82) is 0 Å². The molecular formula is C21H20N2O3. The molecule has 1 heterocycles. The molecule has 5 nitrogen and oxygen atoms in total. The molecule has 0 spiro atoms. The zero-order chi connectivity index (χ0) is 18.2. The van der Waals surface area contributed by atoms with Gasteiger partial charge in [-0.15, -0.1) is 0 Å². The Morgan fingerprint density at radius 3 is 2.50 bits per heavy atom. The van der Waals surface area contributed by atoms with E-state index in [0.29, 0.717) is 12.2 Å². The second-order valence-electron chi connectivity index (χ2n) is 5.77. The van der Waals surface area contributed by atoms with Gasteiger partial charge in [0.05, 0.1) is 5.56 Å². The van der Waals surface area contributed by atoms with Crippen LogP contribution >= 0.6 is 0 Å². The van der Waals surface area contributed by atoms with Gasteiger partial charge in [0.1, 0.15) is 19.0 Å². The van der Waals surface area contributed by atoms with E-state index in [2.05, 4.69) is 10.5 Å². The van der Waals surface area contributed by atoms with E-state index in [1.54, 1.807) is 12.3 Å². The molecule has 0 saturated carbocycles. The average Bonchev–Trinajstić information content (AvgIpc) is 2.69. The number of carbonyl (C=O) groups is 1. The largest absolute Gasteiger partial charge is 0.491 e. The van der Waals surface area contributed by atoms with Gasteiger partial charge in [-0.3, -0.25) is 14.6 Å². The maximum Gasteiger partial charge on any atom is 0.276 e. The number of ether oxygens (including phenoxy) is 1. The Morgan fingerprint density at radius 1 is 0.962 bits per heavy atom. The Morgan fingerprint density at radius 2 is 1.73 bits per heavy atom. The molecule has 5 heteroatoms. The first kappa shape index (κ1) is 17.6. The summed E-state index contributed by atoms with van der Waals surface area (Å²) >= 11 is 0. The standard InChI is InChI=1S/C21H20N2O3/c1-16-7-9-17(10-8-16)18-13-19(15-22-14-18)21(24)23-26-12-11-25-20-5-3-2-4-6-20/h2-10,13-15H,11-12H2,1H3,(H,23,24). The van der Waals surface area contributed by atoms with E-state index in [1.165, 1.54) is 11.8 Å². The molecule has 0 aliphatic rings. The van der Waals surface area contributed by atoms with E-state index < -0.39 is 0 Å². The van der Waals surface area contributed by atoms with Gasteiger partial charge in [0, 0.05) is 18.0 Å². The van der Waals surface area contributed by atoms with Crippen LogP contribution in [0.25, 0.3) is 11.1 Å². The lowest BCUT2D eigenvalue weighted by atomic mass is 10.0. The van der Waals surface area contributed by atoms with Gasteiger partial charge in [-0.25, -0.2) is 5.48 Å². The van der Waals surface area contributed by atoms with Gasteiger partial charge in [-0.05, 0) is 30.7 Å². The lowest BCUT2D eigenvalue weighted by molar-refractivity contribution is 0.0200. The molecular weight excluding hydrogens is 328 g/mol. The van der Waals surface area contributed by atoms with Crippen LogP contribution in [0.1, 0.15) is 15.9 Å². The molecule has 3 rings (SSSR count). The summed E-state index contributed by atoms with van der Waals surface area (Å²) in [5.41, 5.74) is 5.92. The minimum absolute atomic E-state index is 0.242. The van der Waals surface area contributed by atoms with E-state index in [1.807, 2.05) is 61.5 Å². The molecule has 0 atom stereocenters. The number of nitrogens with one attached hydrogen (secondary N) is 1. The van der Waals surface area contributed by atoms with Crippen molar-refractivity contribution in [2.45, 2.75) is 6.92 Å². The summed E-state index contributed by atoms with van der Waals surface area (Å²) < 4.78 is 5.49. The Labute approximate surface area is 152 Å². The van der Waals surface area contributed by atoms with Crippen LogP contribution in [0.5, 0.6) is 5.75 Å². The highest BCUT2D eigenvalue weighted by Crippen LogP contribution is 2.19. The van der Waals surface area contributed by atoms with Crippen LogP contribution < -0.4 is 10.2 Å². The summed E-state index contributed by atoms with van der Waals surface area (Å²) in [5.74, 6) is 0.420. The average molecular weight is 348 g/mol. The normalized spacial score (nSPS) is 10.3. The van der Waals surface area contributed by atoms with E-state index in [0.717, 1.165) is 16.9 Å². The predicted molar refractivity (Wildman–Crippen MR) is 99.8 cm³/mol. The molecule has 0 saturated heterocycles. The van der Waals surface area contributed by atoms with Gasteiger partial charge in [0.25, 0.3) is 5.91 Å². The molecule has 132 valence electrons. The van der Waals surface area contributed by atoms with Crippen molar-refractivity contribution >= 4 is 5.91 Å². The lowest BCUT2D eigenvalue weighted by Crippen LogP contribution is -2.26. The number of hydrogen-bond acceptors (Lipinski definition) is 4. The fraction of sp³-hybridized carbons (Fsp3) is 0.143. The first-order valence-corrected chi connectivity index (χ1v) is 8.34. The molecule has 1 amide bonds. The molecule has 1 aromatic heterocycles. The number of benzene rings is 2. The van der Waals surface area contributed by atoms with Gasteiger partial charge < -0.3 is 4.74 Å². The van der Waals surface area contributed by atoms with Crippen LogP contribution in [0.3, 0.4) is 0 Å². The molecule has 0 radical (unpaired) electrons. The number of amides is 1. The van der Waals surface area contributed by atoms with Crippen LogP contribution in [0.4, 0.5) is 0 Å². The van der Waals surface area contributed by atoms with Crippen LogP contribution in [-0.4, -0.2) is 24.1 Å². The number of aryl methyl sites for hydroxylation is 1. The first-order valence-electron chi connectivity index (χ1n) is 8.34. The Balaban J connectivity index is 1.50. The smallest absolute Gasteiger partial charge is 0.276 e. The summed E-state index contributed by atoms with van der Waals surface area (Å²) in [6.07, 6.45) is 3.24. The molecule has 0 fully saturated rings. The molecule has 3 aromatic rings. The van der Waals surface area contributed by atoms with Crippen LogP contribution in [-0.2, 0) is 4.84 Å². The second-order valence-corrected chi connectivity index (χ2v) is 5.77. The maximum atomic E-state index is 12.2. The number of pyridine rings is 1. The number of hydrogen-bond donors (Lipinski definition) is 1. The van der Waals surface area contributed by atoms with Crippen LogP contribution in [0, 0.1) is 6.92 Å². The van der Waals surface area contributed by atoms with Crippen molar-refractivity contribution in [3.8, 4) is 16.9 Å². The third kappa shape index (κ3) is 4.91. The van der Waals surface area contributed by atoms with Gasteiger partial charge in [0.15, 0.2) is 0 Å². The summed E-state index contributed by atoms with van der Waals surface area (Å²) in [6.45, 7) is 2.61. The molecule has 0 aliphatic heterocycles. The highest BCUT2D eigenvalue weighted by molar-refractivity contribution is 5.94. The van der Waals surface area contributed by atoms with Crippen molar-refractivity contribution in [2.75, 3.05) is 13.2 Å². The summed E-state index contributed by atoms with van der Waals surface area (Å²) in [6, 6.07) is 19.3. The molecule has 2 aromatic carbocycles. The Bertz CT molecular complexity index is 849. The van der Waals surface area contributed by atoms with Crippen molar-refractivity contribution < 1.29 is 14.4 Å². The number of rotatable bonds is 7. The highest BCUT2D eigenvalue weighted by Gasteiger charge is 2.08. The molecule has 0 unspecified atom stereocenters.